The molecule has 0 spiro atoms. The fourth-order valence-electron chi connectivity index (χ4n) is 2.01. The van der Waals surface area contributed by atoms with Gasteiger partial charge in [-0.1, -0.05) is 20.8 Å². The summed E-state index contributed by atoms with van der Waals surface area (Å²) in [4.78, 5) is 16.2. The number of carbonyl (C=O) groups excluding carboxylic acids is 1. The van der Waals surface area contributed by atoms with Crippen LogP contribution in [0.25, 0.3) is 0 Å². The van der Waals surface area contributed by atoms with Gasteiger partial charge in [0.25, 0.3) is 0 Å². The second-order valence-electron chi connectivity index (χ2n) is 5.23. The monoisotopic (exact) mass is 260 g/mol. The lowest BCUT2D eigenvalue weighted by Gasteiger charge is -2.35. The van der Waals surface area contributed by atoms with E-state index in [9.17, 15) is 4.79 Å². The fraction of sp³-hybridized carbons (Fsp3) is 0.923. The Morgan fingerprint density at radius 3 is 2.29 bits per heavy atom. The van der Waals surface area contributed by atoms with Crippen LogP contribution in [0.15, 0.2) is 0 Å². The number of hydrogen-bond donors (Lipinski definition) is 0. The topological polar surface area (TPSA) is 23.6 Å². The number of alkyl halides is 1. The maximum absolute atomic E-state index is 11.9. The van der Waals surface area contributed by atoms with Crippen molar-refractivity contribution in [3.63, 3.8) is 0 Å². The van der Waals surface area contributed by atoms with Gasteiger partial charge in [0.1, 0.15) is 5.38 Å². The van der Waals surface area contributed by atoms with Crippen LogP contribution in [0.3, 0.4) is 0 Å². The normalized spacial score (nSPS) is 19.7. The molecular weight excluding hydrogens is 236 g/mol. The number of carbonyl (C=O) groups is 1. The number of amides is 1. The highest BCUT2D eigenvalue weighted by atomic mass is 35.5. The van der Waals surface area contributed by atoms with Crippen molar-refractivity contribution in [3.05, 3.63) is 0 Å². The second kappa shape index (κ2) is 7.22. The molecule has 1 atom stereocenters. The molecule has 1 amide bonds. The molecule has 0 aromatic heterocycles. The molecule has 0 aromatic rings. The molecule has 0 bridgehead atoms. The lowest BCUT2D eigenvalue weighted by Crippen LogP contribution is -2.50. The summed E-state index contributed by atoms with van der Waals surface area (Å²) in [6.07, 6.45) is 1.95. The second-order valence-corrected chi connectivity index (χ2v) is 5.75. The Morgan fingerprint density at radius 1 is 1.24 bits per heavy atom. The Morgan fingerprint density at radius 2 is 1.82 bits per heavy atom. The SMILES string of the molecule is CC[C@@H](Cl)C(=O)N1CCN(CCC(C)C)CC1. The van der Waals surface area contributed by atoms with E-state index in [0.717, 1.165) is 38.6 Å². The average molecular weight is 261 g/mol. The summed E-state index contributed by atoms with van der Waals surface area (Å²) < 4.78 is 0. The average Bonchev–Trinajstić information content (AvgIpc) is 2.35. The van der Waals surface area contributed by atoms with Gasteiger partial charge in [0.2, 0.25) is 5.91 Å². The van der Waals surface area contributed by atoms with Crippen molar-refractivity contribution in [1.29, 1.82) is 0 Å². The van der Waals surface area contributed by atoms with Crippen molar-refractivity contribution in [3.8, 4) is 0 Å². The summed E-state index contributed by atoms with van der Waals surface area (Å²) in [5.74, 6) is 0.861. The number of halogens is 1. The van der Waals surface area contributed by atoms with Crippen molar-refractivity contribution in [2.45, 2.75) is 39.0 Å². The van der Waals surface area contributed by atoms with Crippen LogP contribution >= 0.6 is 11.6 Å². The predicted octanol–water partition coefficient (Wildman–Crippen LogP) is 2.19. The van der Waals surface area contributed by atoms with Crippen LogP contribution in [0, 0.1) is 5.92 Å². The molecule has 0 saturated carbocycles. The van der Waals surface area contributed by atoms with E-state index in [2.05, 4.69) is 18.7 Å². The van der Waals surface area contributed by atoms with Crippen LogP contribution in [-0.4, -0.2) is 53.8 Å². The molecule has 0 radical (unpaired) electrons. The summed E-state index contributed by atoms with van der Waals surface area (Å²) >= 11 is 5.98. The summed E-state index contributed by atoms with van der Waals surface area (Å²) in [7, 11) is 0. The van der Waals surface area contributed by atoms with E-state index in [4.69, 9.17) is 11.6 Å². The molecule has 0 aliphatic carbocycles. The molecule has 1 saturated heterocycles. The molecule has 1 rings (SSSR count). The zero-order valence-electron chi connectivity index (χ0n) is 11.3. The standard InChI is InChI=1S/C13H25ClN2O/c1-4-12(14)13(17)16-9-7-15(8-10-16)6-5-11(2)3/h11-12H,4-10H2,1-3H3/t12-/m1/s1. The molecule has 17 heavy (non-hydrogen) atoms. The van der Waals surface area contributed by atoms with Crippen LogP contribution in [-0.2, 0) is 4.79 Å². The highest BCUT2D eigenvalue weighted by Crippen LogP contribution is 2.11. The van der Waals surface area contributed by atoms with Gasteiger partial charge in [-0.2, -0.15) is 0 Å². The lowest BCUT2D eigenvalue weighted by atomic mass is 10.1. The van der Waals surface area contributed by atoms with Crippen LogP contribution in [0.2, 0.25) is 0 Å². The molecule has 1 fully saturated rings. The maximum atomic E-state index is 11.9. The van der Waals surface area contributed by atoms with Gasteiger partial charge in [0, 0.05) is 26.2 Å². The predicted molar refractivity (Wildman–Crippen MR) is 72.4 cm³/mol. The number of nitrogens with zero attached hydrogens (tertiary/aromatic N) is 2. The minimum absolute atomic E-state index is 0.109. The third kappa shape index (κ3) is 4.84. The van der Waals surface area contributed by atoms with Gasteiger partial charge in [0.05, 0.1) is 0 Å². The molecule has 0 aromatic carbocycles. The maximum Gasteiger partial charge on any atom is 0.240 e. The van der Waals surface area contributed by atoms with Gasteiger partial charge >= 0.3 is 0 Å². The Kier molecular flexibility index (Phi) is 6.28. The minimum atomic E-state index is -0.336. The first-order chi connectivity index (χ1) is 8.04. The van der Waals surface area contributed by atoms with Gasteiger partial charge in [-0.3, -0.25) is 9.69 Å². The van der Waals surface area contributed by atoms with Crippen molar-refractivity contribution in [2.24, 2.45) is 5.92 Å². The molecule has 1 aliphatic rings. The van der Waals surface area contributed by atoms with Crippen LogP contribution in [0.5, 0.6) is 0 Å². The van der Waals surface area contributed by atoms with Crippen LogP contribution in [0.4, 0.5) is 0 Å². The molecule has 1 heterocycles. The third-order valence-corrected chi connectivity index (χ3v) is 3.83. The Bertz CT molecular complexity index is 238. The molecule has 100 valence electrons. The molecule has 1 aliphatic heterocycles. The van der Waals surface area contributed by atoms with E-state index in [0.29, 0.717) is 6.42 Å². The Labute approximate surface area is 110 Å². The largest absolute Gasteiger partial charge is 0.339 e. The zero-order chi connectivity index (χ0) is 12.8. The van der Waals surface area contributed by atoms with E-state index in [1.807, 2.05) is 11.8 Å². The third-order valence-electron chi connectivity index (χ3n) is 3.33. The van der Waals surface area contributed by atoms with E-state index in [1.54, 1.807) is 0 Å². The quantitative estimate of drug-likeness (QED) is 0.708. The first kappa shape index (κ1) is 14.8. The van der Waals surface area contributed by atoms with Gasteiger partial charge in [-0.15, -0.1) is 11.6 Å². The Hall–Kier alpha value is -0.280. The minimum Gasteiger partial charge on any atom is -0.339 e. The van der Waals surface area contributed by atoms with E-state index >= 15 is 0 Å². The van der Waals surface area contributed by atoms with Crippen molar-refractivity contribution in [2.75, 3.05) is 32.7 Å². The molecule has 0 N–H and O–H groups in total. The number of piperazine rings is 1. The highest BCUT2D eigenvalue weighted by molar-refractivity contribution is 6.30. The van der Waals surface area contributed by atoms with E-state index < -0.39 is 0 Å². The smallest absolute Gasteiger partial charge is 0.240 e. The molecule has 0 unspecified atom stereocenters. The van der Waals surface area contributed by atoms with Crippen molar-refractivity contribution >= 4 is 17.5 Å². The fourth-order valence-corrected chi connectivity index (χ4v) is 2.14. The van der Waals surface area contributed by atoms with Gasteiger partial charge in [0.15, 0.2) is 0 Å². The number of rotatable bonds is 5. The van der Waals surface area contributed by atoms with Gasteiger partial charge < -0.3 is 4.90 Å². The molecular formula is C13H25ClN2O. The van der Waals surface area contributed by atoms with Crippen molar-refractivity contribution in [1.82, 2.24) is 9.80 Å². The van der Waals surface area contributed by atoms with E-state index in [-0.39, 0.29) is 11.3 Å². The van der Waals surface area contributed by atoms with Gasteiger partial charge in [-0.25, -0.2) is 0 Å². The summed E-state index contributed by atoms with van der Waals surface area (Å²) in [5, 5.41) is -0.336. The summed E-state index contributed by atoms with van der Waals surface area (Å²) in [6, 6.07) is 0. The highest BCUT2D eigenvalue weighted by Gasteiger charge is 2.24. The Balaban J connectivity index is 2.28. The summed E-state index contributed by atoms with van der Waals surface area (Å²) in [5.41, 5.74) is 0. The van der Waals surface area contributed by atoms with Gasteiger partial charge in [-0.05, 0) is 25.3 Å². The summed E-state index contributed by atoms with van der Waals surface area (Å²) in [6.45, 7) is 11.3. The van der Waals surface area contributed by atoms with Crippen LogP contribution < -0.4 is 0 Å². The van der Waals surface area contributed by atoms with Crippen molar-refractivity contribution < 1.29 is 4.79 Å². The first-order valence-corrected chi connectivity index (χ1v) is 7.13. The first-order valence-electron chi connectivity index (χ1n) is 6.69. The lowest BCUT2D eigenvalue weighted by molar-refractivity contribution is -0.132. The molecule has 3 nitrogen and oxygen atoms in total. The van der Waals surface area contributed by atoms with Crippen LogP contribution in [0.1, 0.15) is 33.6 Å². The number of hydrogen-bond acceptors (Lipinski definition) is 2. The zero-order valence-corrected chi connectivity index (χ0v) is 12.0. The molecule has 4 heteroatoms. The van der Waals surface area contributed by atoms with E-state index in [1.165, 1.54) is 6.42 Å².